The van der Waals surface area contributed by atoms with Gasteiger partial charge in [-0.3, -0.25) is 10.1 Å². The number of methoxy groups -OCH3 is 3. The van der Waals surface area contributed by atoms with Gasteiger partial charge in [0.1, 0.15) is 11.5 Å². The van der Waals surface area contributed by atoms with Crippen molar-refractivity contribution >= 4 is 5.69 Å². The minimum Gasteiger partial charge on any atom is -0.493 e. The van der Waals surface area contributed by atoms with Crippen LogP contribution in [-0.2, 0) is 0 Å². The van der Waals surface area contributed by atoms with Crippen molar-refractivity contribution in [1.82, 2.24) is 0 Å². The quantitative estimate of drug-likeness (QED) is 0.345. The normalized spacial score (nSPS) is 11.0. The molecule has 0 saturated heterocycles. The first-order valence-corrected chi connectivity index (χ1v) is 9.63. The van der Waals surface area contributed by atoms with Crippen LogP contribution in [-0.4, -0.2) is 32.9 Å². The first-order chi connectivity index (χ1) is 14.2. The third kappa shape index (κ3) is 5.68. The van der Waals surface area contributed by atoms with Crippen LogP contribution < -0.4 is 23.7 Å². The minimum absolute atomic E-state index is 0.0189. The van der Waals surface area contributed by atoms with Crippen molar-refractivity contribution in [3.05, 3.63) is 40.4 Å². The zero-order valence-corrected chi connectivity index (χ0v) is 18.3. The number of rotatable bonds is 11. The smallest absolute Gasteiger partial charge is 0.315 e. The summed E-state index contributed by atoms with van der Waals surface area (Å²) >= 11 is 0. The second-order valence-electron chi connectivity index (χ2n) is 7.55. The molecule has 2 rings (SSSR count). The molecule has 0 unspecified atom stereocenters. The van der Waals surface area contributed by atoms with Crippen molar-refractivity contribution < 1.29 is 28.6 Å². The van der Waals surface area contributed by atoms with Crippen LogP contribution in [0.1, 0.15) is 33.6 Å². The fourth-order valence-electron chi connectivity index (χ4n) is 3.09. The van der Waals surface area contributed by atoms with Crippen LogP contribution >= 0.6 is 0 Å². The number of nitro benzene ring substituents is 1. The van der Waals surface area contributed by atoms with E-state index >= 15 is 0 Å². The van der Waals surface area contributed by atoms with Crippen molar-refractivity contribution in [1.29, 1.82) is 0 Å². The van der Waals surface area contributed by atoms with Crippen LogP contribution in [0.5, 0.6) is 34.5 Å². The molecular weight excluding hydrogens is 390 g/mol. The molecule has 0 aliphatic heterocycles. The van der Waals surface area contributed by atoms with Crippen molar-refractivity contribution in [3.63, 3.8) is 0 Å². The van der Waals surface area contributed by atoms with Crippen molar-refractivity contribution in [3.8, 4) is 34.5 Å². The lowest BCUT2D eigenvalue weighted by atomic mass is 9.89. The van der Waals surface area contributed by atoms with E-state index in [0.717, 1.165) is 12.8 Å². The minimum atomic E-state index is -0.503. The zero-order chi connectivity index (χ0) is 22.3. The highest BCUT2D eigenvalue weighted by atomic mass is 16.6. The SMILES string of the molecule is CCCC(C)(C)COc1ccc(Oc2cc(OC)c(OC)c(OC)c2)c([N+](=O)[O-])c1. The molecule has 164 valence electrons. The van der Waals surface area contributed by atoms with Gasteiger partial charge >= 0.3 is 5.69 Å². The molecule has 0 fully saturated rings. The van der Waals surface area contributed by atoms with E-state index < -0.39 is 4.92 Å². The zero-order valence-electron chi connectivity index (χ0n) is 18.3. The van der Waals surface area contributed by atoms with Crippen LogP contribution in [0.25, 0.3) is 0 Å². The van der Waals surface area contributed by atoms with Crippen molar-refractivity contribution in [2.45, 2.75) is 33.6 Å². The highest BCUT2D eigenvalue weighted by molar-refractivity contribution is 5.58. The van der Waals surface area contributed by atoms with Gasteiger partial charge in [-0.2, -0.15) is 0 Å². The van der Waals surface area contributed by atoms with E-state index in [2.05, 4.69) is 20.8 Å². The fourth-order valence-corrected chi connectivity index (χ4v) is 3.09. The molecule has 0 spiro atoms. The average Bonchev–Trinajstić information content (AvgIpc) is 2.72. The number of benzene rings is 2. The number of hydrogen-bond donors (Lipinski definition) is 0. The molecule has 0 aliphatic carbocycles. The van der Waals surface area contributed by atoms with Gasteiger partial charge in [-0.15, -0.1) is 0 Å². The van der Waals surface area contributed by atoms with Crippen LogP contribution in [0, 0.1) is 15.5 Å². The van der Waals surface area contributed by atoms with Gasteiger partial charge < -0.3 is 23.7 Å². The van der Waals surface area contributed by atoms with E-state index in [9.17, 15) is 10.1 Å². The van der Waals surface area contributed by atoms with Gasteiger partial charge in [-0.1, -0.05) is 27.2 Å². The Morgan fingerprint density at radius 2 is 1.57 bits per heavy atom. The van der Waals surface area contributed by atoms with Crippen LogP contribution in [0.3, 0.4) is 0 Å². The first-order valence-electron chi connectivity index (χ1n) is 9.63. The van der Waals surface area contributed by atoms with Gasteiger partial charge in [-0.25, -0.2) is 0 Å². The van der Waals surface area contributed by atoms with Crippen LogP contribution in [0.2, 0.25) is 0 Å². The molecule has 30 heavy (non-hydrogen) atoms. The highest BCUT2D eigenvalue weighted by Crippen LogP contribution is 2.43. The molecule has 8 nitrogen and oxygen atoms in total. The Hall–Kier alpha value is -3.16. The molecule has 0 bridgehead atoms. The summed E-state index contributed by atoms with van der Waals surface area (Å²) in [6.45, 7) is 6.78. The molecule has 0 aliphatic rings. The number of nitro groups is 1. The average molecular weight is 419 g/mol. The second-order valence-corrected chi connectivity index (χ2v) is 7.55. The Morgan fingerprint density at radius 3 is 2.07 bits per heavy atom. The number of ether oxygens (including phenoxy) is 5. The highest BCUT2D eigenvalue weighted by Gasteiger charge is 2.22. The third-order valence-corrected chi connectivity index (χ3v) is 4.55. The predicted molar refractivity (Wildman–Crippen MR) is 113 cm³/mol. The Labute approximate surface area is 176 Å². The maximum Gasteiger partial charge on any atom is 0.315 e. The van der Waals surface area contributed by atoms with Crippen LogP contribution in [0.15, 0.2) is 30.3 Å². The summed E-state index contributed by atoms with van der Waals surface area (Å²) < 4.78 is 27.5. The molecule has 0 heterocycles. The molecule has 0 aromatic heterocycles. The Morgan fingerprint density at radius 1 is 0.933 bits per heavy atom. The van der Waals surface area contributed by atoms with E-state index in [1.165, 1.54) is 33.5 Å². The largest absolute Gasteiger partial charge is 0.493 e. The monoisotopic (exact) mass is 419 g/mol. The maximum absolute atomic E-state index is 11.6. The van der Waals surface area contributed by atoms with E-state index in [1.54, 1.807) is 18.2 Å². The van der Waals surface area contributed by atoms with E-state index in [4.69, 9.17) is 23.7 Å². The fraction of sp³-hybridized carbons (Fsp3) is 0.455. The van der Waals surface area contributed by atoms with E-state index in [1.807, 2.05) is 0 Å². The molecule has 0 amide bonds. The van der Waals surface area contributed by atoms with E-state index in [0.29, 0.717) is 35.4 Å². The molecule has 0 N–H and O–H groups in total. The Kier molecular flexibility index (Phi) is 7.74. The van der Waals surface area contributed by atoms with Gasteiger partial charge in [0.05, 0.1) is 38.9 Å². The summed E-state index contributed by atoms with van der Waals surface area (Å²) in [5.41, 5.74) is -0.218. The molecule has 0 radical (unpaired) electrons. The van der Waals surface area contributed by atoms with Gasteiger partial charge in [-0.05, 0) is 24.0 Å². The van der Waals surface area contributed by atoms with Crippen LogP contribution in [0.4, 0.5) is 5.69 Å². The predicted octanol–water partition coefficient (Wildman–Crippen LogP) is 5.62. The summed E-state index contributed by atoms with van der Waals surface area (Å²) in [6, 6.07) is 7.69. The molecule has 0 saturated carbocycles. The first kappa shape index (κ1) is 23.1. The lowest BCUT2D eigenvalue weighted by molar-refractivity contribution is -0.385. The van der Waals surface area contributed by atoms with Crippen molar-refractivity contribution in [2.24, 2.45) is 5.41 Å². The van der Waals surface area contributed by atoms with Gasteiger partial charge in [0.25, 0.3) is 0 Å². The van der Waals surface area contributed by atoms with Gasteiger partial charge in [0, 0.05) is 12.1 Å². The molecule has 0 atom stereocenters. The van der Waals surface area contributed by atoms with Crippen molar-refractivity contribution in [2.75, 3.05) is 27.9 Å². The Balaban J connectivity index is 2.31. The third-order valence-electron chi connectivity index (χ3n) is 4.55. The van der Waals surface area contributed by atoms with Gasteiger partial charge in [0.2, 0.25) is 11.5 Å². The summed E-state index contributed by atoms with van der Waals surface area (Å²) in [6.07, 6.45) is 2.04. The second kappa shape index (κ2) is 10.0. The summed E-state index contributed by atoms with van der Waals surface area (Å²) in [5.74, 6) is 1.98. The molecular formula is C22H29NO7. The molecule has 2 aromatic rings. The summed E-state index contributed by atoms with van der Waals surface area (Å²) in [5, 5.41) is 11.6. The topological polar surface area (TPSA) is 89.3 Å². The maximum atomic E-state index is 11.6. The molecule has 8 heteroatoms. The summed E-state index contributed by atoms with van der Waals surface area (Å²) in [7, 11) is 4.46. The standard InChI is InChI=1S/C22H29NO7/c1-7-10-22(2,3)14-29-15-8-9-18(17(11-15)23(24)25)30-16-12-19(26-4)21(28-6)20(13-16)27-5/h8-9,11-13H,7,10,14H2,1-6H3. The number of nitrogens with zero attached hydrogens (tertiary/aromatic N) is 1. The lowest BCUT2D eigenvalue weighted by Gasteiger charge is -2.24. The summed E-state index contributed by atoms with van der Waals surface area (Å²) in [4.78, 5) is 11.1. The van der Waals surface area contributed by atoms with Gasteiger partial charge in [0.15, 0.2) is 11.5 Å². The lowest BCUT2D eigenvalue weighted by Crippen LogP contribution is -2.21. The van der Waals surface area contributed by atoms with E-state index in [-0.39, 0.29) is 16.9 Å². The molecule has 2 aromatic carbocycles. The Bertz CT molecular complexity index is 855. The number of hydrogen-bond acceptors (Lipinski definition) is 7.